The van der Waals surface area contributed by atoms with Gasteiger partial charge in [0.2, 0.25) is 0 Å². The van der Waals surface area contributed by atoms with Gasteiger partial charge >= 0.3 is 0 Å². The number of aryl methyl sites for hydroxylation is 2. The van der Waals surface area contributed by atoms with Crippen LogP contribution in [-0.2, 0) is 0 Å². The van der Waals surface area contributed by atoms with E-state index < -0.39 is 0 Å². The number of benzene rings is 3. The highest BCUT2D eigenvalue weighted by atomic mass is 16.2. The van der Waals surface area contributed by atoms with Crippen molar-refractivity contribution in [3.8, 4) is 5.69 Å². The van der Waals surface area contributed by atoms with Crippen molar-refractivity contribution < 1.29 is 4.79 Å². The quantitative estimate of drug-likeness (QED) is 0.400. The van der Waals surface area contributed by atoms with Crippen molar-refractivity contribution in [1.82, 2.24) is 9.99 Å². The summed E-state index contributed by atoms with van der Waals surface area (Å²) >= 11 is 0. The Morgan fingerprint density at radius 1 is 0.857 bits per heavy atom. The third-order valence-corrected chi connectivity index (χ3v) is 4.81. The molecule has 0 spiro atoms. The third-order valence-electron chi connectivity index (χ3n) is 4.81. The first-order chi connectivity index (χ1) is 13.6. The van der Waals surface area contributed by atoms with Crippen LogP contribution in [0.4, 0.5) is 0 Å². The van der Waals surface area contributed by atoms with E-state index in [4.69, 9.17) is 0 Å². The van der Waals surface area contributed by atoms with Crippen LogP contribution in [-0.4, -0.2) is 16.7 Å². The number of hydrogen-bond acceptors (Lipinski definition) is 2. The fraction of sp³-hybridized carbons (Fsp3) is 0.0833. The highest BCUT2D eigenvalue weighted by Gasteiger charge is 2.07. The normalized spacial score (nSPS) is 11.2. The van der Waals surface area contributed by atoms with Crippen molar-refractivity contribution in [3.63, 3.8) is 0 Å². The fourth-order valence-electron chi connectivity index (χ4n) is 3.36. The van der Waals surface area contributed by atoms with Gasteiger partial charge in [0.1, 0.15) is 0 Å². The maximum absolute atomic E-state index is 12.3. The van der Waals surface area contributed by atoms with Crippen molar-refractivity contribution in [2.75, 3.05) is 0 Å². The first kappa shape index (κ1) is 17.7. The van der Waals surface area contributed by atoms with Gasteiger partial charge in [0.05, 0.1) is 6.21 Å². The first-order valence-electron chi connectivity index (χ1n) is 9.19. The molecule has 28 heavy (non-hydrogen) atoms. The average molecular weight is 367 g/mol. The largest absolute Gasteiger partial charge is 0.319 e. The van der Waals surface area contributed by atoms with Crippen LogP contribution >= 0.6 is 0 Å². The smallest absolute Gasteiger partial charge is 0.271 e. The standard InChI is InChI=1S/C24H21N3O/c1-17-7-8-18(2)27(17)23-13-11-21(12-14-23)24(28)26-25-16-19-9-10-20-5-3-4-6-22(20)15-19/h3-16H,1-2H3,(H,26,28)/b25-16+. The van der Waals surface area contributed by atoms with Gasteiger partial charge in [0.25, 0.3) is 5.91 Å². The second-order valence-corrected chi connectivity index (χ2v) is 6.80. The zero-order valence-electron chi connectivity index (χ0n) is 15.9. The van der Waals surface area contributed by atoms with Crippen molar-refractivity contribution in [1.29, 1.82) is 0 Å². The molecule has 4 rings (SSSR count). The molecule has 0 saturated heterocycles. The molecule has 0 radical (unpaired) electrons. The molecule has 0 unspecified atom stereocenters. The number of nitrogens with one attached hydrogen (secondary N) is 1. The Bertz CT molecular complexity index is 1150. The molecule has 0 aliphatic carbocycles. The van der Waals surface area contributed by atoms with E-state index in [1.165, 1.54) is 5.39 Å². The fourth-order valence-corrected chi connectivity index (χ4v) is 3.36. The van der Waals surface area contributed by atoms with E-state index in [1.54, 1.807) is 6.21 Å². The molecule has 0 aliphatic heterocycles. The molecule has 1 heterocycles. The number of amides is 1. The van der Waals surface area contributed by atoms with Gasteiger partial charge in [0, 0.05) is 22.6 Å². The number of fused-ring (bicyclic) bond motifs is 1. The summed E-state index contributed by atoms with van der Waals surface area (Å²) in [5.74, 6) is -0.232. The number of nitrogens with zero attached hydrogens (tertiary/aromatic N) is 2. The van der Waals surface area contributed by atoms with E-state index >= 15 is 0 Å². The minimum Gasteiger partial charge on any atom is -0.319 e. The van der Waals surface area contributed by atoms with Crippen molar-refractivity contribution in [2.24, 2.45) is 5.10 Å². The summed E-state index contributed by atoms with van der Waals surface area (Å²) in [6, 6.07) is 25.9. The van der Waals surface area contributed by atoms with Gasteiger partial charge in [-0.05, 0) is 72.6 Å². The summed E-state index contributed by atoms with van der Waals surface area (Å²) < 4.78 is 2.15. The lowest BCUT2D eigenvalue weighted by atomic mass is 10.1. The monoisotopic (exact) mass is 367 g/mol. The second kappa shape index (κ2) is 7.53. The molecule has 138 valence electrons. The van der Waals surface area contributed by atoms with Gasteiger partial charge < -0.3 is 4.57 Å². The summed E-state index contributed by atoms with van der Waals surface area (Å²) in [5, 5.41) is 6.42. The van der Waals surface area contributed by atoms with E-state index in [-0.39, 0.29) is 5.91 Å². The Kier molecular flexibility index (Phi) is 4.77. The molecule has 0 aliphatic rings. The molecule has 3 aromatic carbocycles. The lowest BCUT2D eigenvalue weighted by Gasteiger charge is -2.10. The Labute approximate surface area is 164 Å². The number of hydrazone groups is 1. The minimum absolute atomic E-state index is 0.232. The predicted molar refractivity (Wildman–Crippen MR) is 114 cm³/mol. The van der Waals surface area contributed by atoms with Crippen LogP contribution < -0.4 is 5.43 Å². The summed E-state index contributed by atoms with van der Waals surface area (Å²) in [6.07, 6.45) is 1.66. The molecule has 4 aromatic rings. The zero-order chi connectivity index (χ0) is 19.5. The SMILES string of the molecule is Cc1ccc(C)n1-c1ccc(C(=O)N/N=C/c2ccc3ccccc3c2)cc1. The number of aromatic nitrogens is 1. The maximum Gasteiger partial charge on any atom is 0.271 e. The van der Waals surface area contributed by atoms with Crippen LogP contribution in [0, 0.1) is 13.8 Å². The number of carbonyl (C=O) groups excluding carboxylic acids is 1. The van der Waals surface area contributed by atoms with E-state index in [0.29, 0.717) is 5.56 Å². The van der Waals surface area contributed by atoms with Crippen LogP contribution in [0.25, 0.3) is 16.5 Å². The topological polar surface area (TPSA) is 46.4 Å². The number of rotatable bonds is 4. The van der Waals surface area contributed by atoms with Gasteiger partial charge in [-0.15, -0.1) is 0 Å². The van der Waals surface area contributed by atoms with Crippen LogP contribution in [0.3, 0.4) is 0 Å². The minimum atomic E-state index is -0.232. The summed E-state index contributed by atoms with van der Waals surface area (Å²) in [6.45, 7) is 4.13. The average Bonchev–Trinajstić information content (AvgIpc) is 3.06. The van der Waals surface area contributed by atoms with Gasteiger partial charge in [-0.25, -0.2) is 5.43 Å². The zero-order valence-corrected chi connectivity index (χ0v) is 15.9. The van der Waals surface area contributed by atoms with Crippen LogP contribution in [0.15, 0.2) is 84.0 Å². The number of hydrogen-bond donors (Lipinski definition) is 1. The lowest BCUT2D eigenvalue weighted by Crippen LogP contribution is -2.17. The molecule has 4 nitrogen and oxygen atoms in total. The van der Waals surface area contributed by atoms with Crippen LogP contribution in [0.2, 0.25) is 0 Å². The van der Waals surface area contributed by atoms with E-state index in [0.717, 1.165) is 28.0 Å². The van der Waals surface area contributed by atoms with Gasteiger partial charge in [0.15, 0.2) is 0 Å². The van der Waals surface area contributed by atoms with Crippen molar-refractivity contribution in [2.45, 2.75) is 13.8 Å². The highest BCUT2D eigenvalue weighted by molar-refractivity contribution is 5.95. The summed E-state index contributed by atoms with van der Waals surface area (Å²) in [4.78, 5) is 12.3. The Hall–Kier alpha value is -3.66. The van der Waals surface area contributed by atoms with Gasteiger partial charge in [-0.3, -0.25) is 4.79 Å². The van der Waals surface area contributed by atoms with Crippen LogP contribution in [0.5, 0.6) is 0 Å². The lowest BCUT2D eigenvalue weighted by molar-refractivity contribution is 0.0955. The second-order valence-electron chi connectivity index (χ2n) is 6.80. The molecule has 0 saturated carbocycles. The van der Waals surface area contributed by atoms with E-state index in [2.05, 4.69) is 53.2 Å². The highest BCUT2D eigenvalue weighted by Crippen LogP contribution is 2.17. The molecular weight excluding hydrogens is 346 g/mol. The van der Waals surface area contributed by atoms with Crippen LogP contribution in [0.1, 0.15) is 27.3 Å². The van der Waals surface area contributed by atoms with E-state index in [1.807, 2.05) is 54.6 Å². The van der Waals surface area contributed by atoms with Gasteiger partial charge in [-0.1, -0.05) is 36.4 Å². The third kappa shape index (κ3) is 3.58. The molecule has 0 fully saturated rings. The molecule has 1 N–H and O–H groups in total. The molecule has 4 heteroatoms. The maximum atomic E-state index is 12.3. The predicted octanol–water partition coefficient (Wildman–Crippen LogP) is 5.01. The first-order valence-corrected chi connectivity index (χ1v) is 9.19. The van der Waals surface area contributed by atoms with Crippen molar-refractivity contribution in [3.05, 3.63) is 101 Å². The Morgan fingerprint density at radius 2 is 1.54 bits per heavy atom. The van der Waals surface area contributed by atoms with Gasteiger partial charge in [-0.2, -0.15) is 5.10 Å². The molecule has 0 bridgehead atoms. The molecule has 1 amide bonds. The summed E-state index contributed by atoms with van der Waals surface area (Å²) in [5.41, 5.74) is 7.47. The molecule has 0 atom stereocenters. The Balaban J connectivity index is 1.45. The van der Waals surface area contributed by atoms with E-state index in [9.17, 15) is 4.79 Å². The molecular formula is C24H21N3O. The molecule has 1 aromatic heterocycles. The number of carbonyl (C=O) groups is 1. The van der Waals surface area contributed by atoms with Crippen molar-refractivity contribution >= 4 is 22.9 Å². The Morgan fingerprint density at radius 3 is 2.25 bits per heavy atom. The summed E-state index contributed by atoms with van der Waals surface area (Å²) in [7, 11) is 0.